The highest BCUT2D eigenvalue weighted by atomic mass is 35.5. The predicted molar refractivity (Wildman–Crippen MR) is 106 cm³/mol. The van der Waals surface area contributed by atoms with Gasteiger partial charge in [-0.1, -0.05) is 17.7 Å². The van der Waals surface area contributed by atoms with Crippen molar-refractivity contribution in [2.24, 2.45) is 0 Å². The standard InChI is InChI=1S/C20H17ClN2O6/c1-3-29-17-9-11(4-6-15(17)24)8-13-18(25)22-20(27)23(19(13)26)12-5-7-16(28-2)14(21)10-12/h4-10,24H,3H2,1-2H3,(H,22,25,27). The Bertz CT molecular complexity index is 1030. The van der Waals surface area contributed by atoms with Crippen LogP contribution in [0.15, 0.2) is 42.0 Å². The number of hydrogen-bond donors (Lipinski definition) is 2. The lowest BCUT2D eigenvalue weighted by molar-refractivity contribution is -0.122. The minimum atomic E-state index is -0.890. The number of amides is 4. The van der Waals surface area contributed by atoms with Gasteiger partial charge in [-0.3, -0.25) is 14.9 Å². The summed E-state index contributed by atoms with van der Waals surface area (Å²) in [6, 6.07) is 7.86. The van der Waals surface area contributed by atoms with Gasteiger partial charge in [-0.15, -0.1) is 0 Å². The third-order valence-electron chi connectivity index (χ3n) is 4.09. The molecule has 0 unspecified atom stereocenters. The zero-order chi connectivity index (χ0) is 21.1. The number of methoxy groups -OCH3 is 1. The maximum absolute atomic E-state index is 12.9. The first-order chi connectivity index (χ1) is 13.8. The quantitative estimate of drug-likeness (QED) is 0.573. The molecule has 1 aliphatic heterocycles. The lowest BCUT2D eigenvalue weighted by atomic mass is 10.1. The van der Waals surface area contributed by atoms with Crippen LogP contribution < -0.4 is 19.7 Å². The maximum atomic E-state index is 12.9. The van der Waals surface area contributed by atoms with Gasteiger partial charge in [0.25, 0.3) is 11.8 Å². The first-order valence-corrected chi connectivity index (χ1v) is 8.94. The van der Waals surface area contributed by atoms with Crippen molar-refractivity contribution < 1.29 is 29.0 Å². The average molecular weight is 417 g/mol. The number of carbonyl (C=O) groups excluding carboxylic acids is 3. The van der Waals surface area contributed by atoms with Crippen LogP contribution in [-0.4, -0.2) is 36.7 Å². The Morgan fingerprint density at radius 3 is 2.55 bits per heavy atom. The van der Waals surface area contributed by atoms with E-state index in [1.54, 1.807) is 6.92 Å². The molecule has 2 aromatic rings. The smallest absolute Gasteiger partial charge is 0.335 e. The number of barbiturate groups is 1. The van der Waals surface area contributed by atoms with E-state index in [9.17, 15) is 19.5 Å². The Balaban J connectivity index is 2.00. The number of carbonyl (C=O) groups is 3. The number of phenolic OH excluding ortho intramolecular Hbond substituents is 1. The van der Waals surface area contributed by atoms with Crippen LogP contribution in [0.5, 0.6) is 17.2 Å². The van der Waals surface area contributed by atoms with Crippen molar-refractivity contribution in [3.05, 3.63) is 52.6 Å². The number of phenols is 1. The van der Waals surface area contributed by atoms with Crippen LogP contribution in [-0.2, 0) is 9.59 Å². The van der Waals surface area contributed by atoms with Gasteiger partial charge in [-0.05, 0) is 48.9 Å². The van der Waals surface area contributed by atoms with Gasteiger partial charge in [0.2, 0.25) is 0 Å². The summed E-state index contributed by atoms with van der Waals surface area (Å²) < 4.78 is 10.4. The number of halogens is 1. The average Bonchev–Trinajstić information content (AvgIpc) is 2.68. The molecule has 1 saturated heterocycles. The first-order valence-electron chi connectivity index (χ1n) is 8.56. The fraction of sp³-hybridized carbons (Fsp3) is 0.150. The van der Waals surface area contributed by atoms with E-state index in [0.717, 1.165) is 4.90 Å². The summed E-state index contributed by atoms with van der Waals surface area (Å²) >= 11 is 6.09. The molecule has 0 spiro atoms. The third kappa shape index (κ3) is 4.02. The second-order valence-electron chi connectivity index (χ2n) is 5.94. The third-order valence-corrected chi connectivity index (χ3v) is 4.39. The molecule has 8 nitrogen and oxygen atoms in total. The number of nitrogens with zero attached hydrogens (tertiary/aromatic N) is 1. The van der Waals surface area contributed by atoms with E-state index in [0.29, 0.717) is 17.9 Å². The molecule has 1 fully saturated rings. The molecule has 29 heavy (non-hydrogen) atoms. The molecular weight excluding hydrogens is 400 g/mol. The van der Waals surface area contributed by atoms with E-state index < -0.39 is 17.8 Å². The number of anilines is 1. The van der Waals surface area contributed by atoms with E-state index in [2.05, 4.69) is 5.32 Å². The number of ether oxygens (including phenoxy) is 2. The number of urea groups is 1. The van der Waals surface area contributed by atoms with Crippen molar-refractivity contribution in [2.45, 2.75) is 6.92 Å². The van der Waals surface area contributed by atoms with Gasteiger partial charge in [-0.25, -0.2) is 9.69 Å². The zero-order valence-electron chi connectivity index (χ0n) is 15.6. The normalized spacial score (nSPS) is 15.5. The molecule has 0 saturated carbocycles. The van der Waals surface area contributed by atoms with Gasteiger partial charge in [0.1, 0.15) is 11.3 Å². The molecule has 9 heteroatoms. The summed E-state index contributed by atoms with van der Waals surface area (Å²) in [6.07, 6.45) is 1.31. The second kappa shape index (κ2) is 8.24. The van der Waals surface area contributed by atoms with Crippen molar-refractivity contribution in [2.75, 3.05) is 18.6 Å². The lowest BCUT2D eigenvalue weighted by Gasteiger charge is -2.26. The van der Waals surface area contributed by atoms with Gasteiger partial charge in [0, 0.05) is 0 Å². The van der Waals surface area contributed by atoms with Crippen molar-refractivity contribution in [3.63, 3.8) is 0 Å². The molecule has 0 aliphatic carbocycles. The fourth-order valence-electron chi connectivity index (χ4n) is 2.74. The number of hydrogen-bond acceptors (Lipinski definition) is 6. The van der Waals surface area contributed by atoms with Gasteiger partial charge >= 0.3 is 6.03 Å². The van der Waals surface area contributed by atoms with Crippen molar-refractivity contribution in [1.29, 1.82) is 0 Å². The van der Waals surface area contributed by atoms with E-state index in [-0.39, 0.29) is 27.8 Å². The summed E-state index contributed by atoms with van der Waals surface area (Å²) in [5, 5.41) is 12.1. The van der Waals surface area contributed by atoms with Gasteiger partial charge in [-0.2, -0.15) is 0 Å². The van der Waals surface area contributed by atoms with E-state index in [1.165, 1.54) is 49.6 Å². The highest BCUT2D eigenvalue weighted by Crippen LogP contribution is 2.32. The Hall–Kier alpha value is -3.52. The highest BCUT2D eigenvalue weighted by Gasteiger charge is 2.37. The number of benzene rings is 2. The Labute approximate surface area is 171 Å². The zero-order valence-corrected chi connectivity index (χ0v) is 16.3. The number of nitrogens with one attached hydrogen (secondary N) is 1. The topological polar surface area (TPSA) is 105 Å². The fourth-order valence-corrected chi connectivity index (χ4v) is 3.00. The highest BCUT2D eigenvalue weighted by molar-refractivity contribution is 6.39. The van der Waals surface area contributed by atoms with Crippen molar-refractivity contribution in [1.82, 2.24) is 5.32 Å². The maximum Gasteiger partial charge on any atom is 0.335 e. The predicted octanol–water partition coefficient (Wildman–Crippen LogP) is 3.12. The summed E-state index contributed by atoms with van der Waals surface area (Å²) in [7, 11) is 1.44. The largest absolute Gasteiger partial charge is 0.504 e. The van der Waals surface area contributed by atoms with Crippen LogP contribution >= 0.6 is 11.6 Å². The molecule has 150 valence electrons. The van der Waals surface area contributed by atoms with E-state index in [1.807, 2.05) is 0 Å². The SMILES string of the molecule is CCOc1cc(C=C2C(=O)NC(=O)N(c3ccc(OC)c(Cl)c3)C2=O)ccc1O. The summed E-state index contributed by atoms with van der Waals surface area (Å²) in [4.78, 5) is 38.3. The molecule has 2 N–H and O–H groups in total. The van der Waals surface area contributed by atoms with Crippen LogP contribution in [0.2, 0.25) is 5.02 Å². The second-order valence-corrected chi connectivity index (χ2v) is 6.34. The Kier molecular flexibility index (Phi) is 5.74. The van der Waals surface area contributed by atoms with Crippen LogP contribution in [0, 0.1) is 0 Å². The monoisotopic (exact) mass is 416 g/mol. The van der Waals surface area contributed by atoms with Gasteiger partial charge in [0.15, 0.2) is 11.5 Å². The number of rotatable bonds is 5. The van der Waals surface area contributed by atoms with Crippen LogP contribution in [0.1, 0.15) is 12.5 Å². The van der Waals surface area contributed by atoms with Gasteiger partial charge < -0.3 is 14.6 Å². The molecule has 1 aliphatic rings. The van der Waals surface area contributed by atoms with Gasteiger partial charge in [0.05, 0.1) is 24.4 Å². The van der Waals surface area contributed by atoms with E-state index >= 15 is 0 Å². The van der Waals surface area contributed by atoms with E-state index in [4.69, 9.17) is 21.1 Å². The van der Waals surface area contributed by atoms with Crippen LogP contribution in [0.25, 0.3) is 6.08 Å². The molecule has 0 aromatic heterocycles. The molecule has 0 bridgehead atoms. The minimum Gasteiger partial charge on any atom is -0.504 e. The Morgan fingerprint density at radius 1 is 1.14 bits per heavy atom. The molecular formula is C20H17ClN2O6. The van der Waals surface area contributed by atoms with Crippen LogP contribution in [0.3, 0.4) is 0 Å². The molecule has 0 atom stereocenters. The minimum absolute atomic E-state index is 0.0712. The summed E-state index contributed by atoms with van der Waals surface area (Å²) in [5.74, 6) is -1.13. The molecule has 3 rings (SSSR count). The first kappa shape index (κ1) is 20.2. The number of aromatic hydroxyl groups is 1. The van der Waals surface area contributed by atoms with Crippen molar-refractivity contribution in [3.8, 4) is 17.2 Å². The molecule has 0 radical (unpaired) electrons. The summed E-state index contributed by atoms with van der Waals surface area (Å²) in [5.41, 5.74) is 0.355. The molecule has 2 aromatic carbocycles. The molecule has 4 amide bonds. The summed E-state index contributed by atoms with van der Waals surface area (Å²) in [6.45, 7) is 2.08. The Morgan fingerprint density at radius 2 is 1.90 bits per heavy atom. The molecule has 1 heterocycles. The number of imide groups is 2. The lowest BCUT2D eigenvalue weighted by Crippen LogP contribution is -2.54. The van der Waals surface area contributed by atoms with Crippen molar-refractivity contribution >= 4 is 41.2 Å². The van der Waals surface area contributed by atoms with Crippen LogP contribution in [0.4, 0.5) is 10.5 Å².